The Morgan fingerprint density at radius 2 is 2.05 bits per heavy atom. The van der Waals surface area contributed by atoms with Gasteiger partial charge in [0.25, 0.3) is 10.0 Å². The third kappa shape index (κ3) is 4.05. The lowest BCUT2D eigenvalue weighted by Crippen LogP contribution is -2.40. The number of hydrogen-bond donors (Lipinski definition) is 1. The van der Waals surface area contributed by atoms with Gasteiger partial charge in [-0.05, 0) is 38.3 Å². The molecular weight excluding hydrogens is 288 g/mol. The van der Waals surface area contributed by atoms with E-state index in [9.17, 15) is 8.42 Å². The number of imidazole rings is 1. The molecular formula is C14H26N4O2S. The maximum absolute atomic E-state index is 12.6. The summed E-state index contributed by atoms with van der Waals surface area (Å²) in [5.41, 5.74) is 0. The second-order valence-corrected chi connectivity index (χ2v) is 8.09. The number of nitrogens with zero attached hydrogens (tertiary/aromatic N) is 3. The molecule has 0 saturated carbocycles. The van der Waals surface area contributed by atoms with Crippen LogP contribution in [0.1, 0.15) is 26.7 Å². The Kier molecular flexibility index (Phi) is 5.40. The van der Waals surface area contributed by atoms with Crippen molar-refractivity contribution in [1.29, 1.82) is 0 Å². The van der Waals surface area contributed by atoms with Crippen molar-refractivity contribution in [2.24, 2.45) is 11.8 Å². The van der Waals surface area contributed by atoms with Crippen molar-refractivity contribution in [2.75, 3.05) is 26.7 Å². The molecule has 2 rings (SSSR count). The fourth-order valence-corrected chi connectivity index (χ4v) is 4.17. The van der Waals surface area contributed by atoms with Crippen molar-refractivity contribution in [3.05, 3.63) is 12.5 Å². The summed E-state index contributed by atoms with van der Waals surface area (Å²) in [5, 5.41) is 3.34. The molecule has 1 saturated heterocycles. The Labute approximate surface area is 127 Å². The fourth-order valence-electron chi connectivity index (χ4n) is 2.77. The van der Waals surface area contributed by atoms with E-state index in [0.29, 0.717) is 24.9 Å². The molecule has 0 aliphatic carbocycles. The standard InChI is InChI=1S/C14H26N4O2S/c1-12(2)9-17-10-14(16-11-17)21(19,20)18-6-4-13(5-7-18)8-15-3/h10-13,15H,4-9H2,1-3H3. The lowest BCUT2D eigenvalue weighted by molar-refractivity contribution is 0.270. The zero-order chi connectivity index (χ0) is 15.5. The summed E-state index contributed by atoms with van der Waals surface area (Å²) in [6.45, 7) is 7.11. The maximum Gasteiger partial charge on any atom is 0.262 e. The van der Waals surface area contributed by atoms with Gasteiger partial charge in [0.1, 0.15) is 0 Å². The van der Waals surface area contributed by atoms with E-state index in [2.05, 4.69) is 24.1 Å². The molecule has 1 N–H and O–H groups in total. The fraction of sp³-hybridized carbons (Fsp3) is 0.786. The Morgan fingerprint density at radius 1 is 1.38 bits per heavy atom. The van der Waals surface area contributed by atoms with Crippen molar-refractivity contribution in [2.45, 2.75) is 38.3 Å². The molecule has 0 bridgehead atoms. The Hall–Kier alpha value is -0.920. The normalized spacial score (nSPS) is 18.5. The van der Waals surface area contributed by atoms with Gasteiger partial charge in [-0.2, -0.15) is 4.31 Å². The van der Waals surface area contributed by atoms with Crippen molar-refractivity contribution in [3.8, 4) is 0 Å². The van der Waals surface area contributed by atoms with Gasteiger partial charge in [0.15, 0.2) is 5.03 Å². The molecule has 1 aliphatic rings. The minimum Gasteiger partial charge on any atom is -0.336 e. The van der Waals surface area contributed by atoms with Crippen LogP contribution in [0.4, 0.5) is 0 Å². The zero-order valence-corrected chi connectivity index (χ0v) is 13.9. The molecule has 7 heteroatoms. The first-order valence-electron chi connectivity index (χ1n) is 7.60. The summed E-state index contributed by atoms with van der Waals surface area (Å²) < 4.78 is 28.6. The third-order valence-electron chi connectivity index (χ3n) is 3.86. The Balaban J connectivity index is 2.03. The highest BCUT2D eigenvalue weighted by Crippen LogP contribution is 2.22. The van der Waals surface area contributed by atoms with Gasteiger partial charge in [-0.1, -0.05) is 13.8 Å². The molecule has 2 heterocycles. The second-order valence-electron chi connectivity index (χ2n) is 6.21. The summed E-state index contributed by atoms with van der Waals surface area (Å²) in [7, 11) is -1.50. The van der Waals surface area contributed by atoms with Crippen LogP contribution in [0.3, 0.4) is 0 Å². The first-order valence-corrected chi connectivity index (χ1v) is 9.04. The molecule has 0 amide bonds. The lowest BCUT2D eigenvalue weighted by atomic mass is 9.98. The third-order valence-corrected chi connectivity index (χ3v) is 5.64. The number of aromatic nitrogens is 2. The smallest absolute Gasteiger partial charge is 0.262 e. The molecule has 0 unspecified atom stereocenters. The average Bonchev–Trinajstić information content (AvgIpc) is 2.88. The molecule has 6 nitrogen and oxygen atoms in total. The molecule has 21 heavy (non-hydrogen) atoms. The van der Waals surface area contributed by atoms with Crippen LogP contribution < -0.4 is 5.32 Å². The van der Waals surface area contributed by atoms with Crippen LogP contribution in [-0.4, -0.2) is 49.0 Å². The molecule has 0 spiro atoms. The van der Waals surface area contributed by atoms with Gasteiger partial charge in [0, 0.05) is 25.8 Å². The van der Waals surface area contributed by atoms with E-state index < -0.39 is 10.0 Å². The first kappa shape index (κ1) is 16.5. The molecule has 1 aliphatic heterocycles. The van der Waals surface area contributed by atoms with Gasteiger partial charge >= 0.3 is 0 Å². The molecule has 1 fully saturated rings. The van der Waals surface area contributed by atoms with Crippen LogP contribution in [-0.2, 0) is 16.6 Å². The van der Waals surface area contributed by atoms with Gasteiger partial charge in [0.05, 0.1) is 6.33 Å². The van der Waals surface area contributed by atoms with E-state index in [-0.39, 0.29) is 5.03 Å². The SMILES string of the molecule is CNCC1CCN(S(=O)(=O)c2cn(CC(C)C)cn2)CC1. The number of rotatable bonds is 6. The van der Waals surface area contributed by atoms with Gasteiger partial charge in [-0.15, -0.1) is 0 Å². The number of hydrogen-bond acceptors (Lipinski definition) is 4. The predicted octanol–water partition coefficient (Wildman–Crippen LogP) is 1.16. The van der Waals surface area contributed by atoms with Gasteiger partial charge < -0.3 is 9.88 Å². The van der Waals surface area contributed by atoms with E-state index in [0.717, 1.165) is 25.9 Å². The van der Waals surface area contributed by atoms with Crippen LogP contribution >= 0.6 is 0 Å². The van der Waals surface area contributed by atoms with Crippen LogP contribution in [0.25, 0.3) is 0 Å². The van der Waals surface area contributed by atoms with Crippen LogP contribution in [0.2, 0.25) is 0 Å². The highest BCUT2D eigenvalue weighted by Gasteiger charge is 2.30. The van der Waals surface area contributed by atoms with E-state index in [1.807, 2.05) is 11.6 Å². The van der Waals surface area contributed by atoms with Crippen molar-refractivity contribution in [3.63, 3.8) is 0 Å². The Morgan fingerprint density at radius 3 is 2.62 bits per heavy atom. The van der Waals surface area contributed by atoms with Crippen molar-refractivity contribution >= 4 is 10.0 Å². The van der Waals surface area contributed by atoms with E-state index >= 15 is 0 Å². The molecule has 1 aromatic rings. The van der Waals surface area contributed by atoms with Gasteiger partial charge in [-0.3, -0.25) is 0 Å². The number of piperidine rings is 1. The minimum absolute atomic E-state index is 0.176. The Bertz CT molecular complexity index is 545. The minimum atomic E-state index is -3.43. The largest absolute Gasteiger partial charge is 0.336 e. The quantitative estimate of drug-likeness (QED) is 0.855. The van der Waals surface area contributed by atoms with E-state index in [4.69, 9.17) is 0 Å². The molecule has 120 valence electrons. The van der Waals surface area contributed by atoms with E-state index in [1.165, 1.54) is 0 Å². The lowest BCUT2D eigenvalue weighted by Gasteiger charge is -2.30. The van der Waals surface area contributed by atoms with Crippen LogP contribution in [0.15, 0.2) is 17.6 Å². The van der Waals surface area contributed by atoms with Crippen LogP contribution in [0, 0.1) is 11.8 Å². The summed E-state index contributed by atoms with van der Waals surface area (Å²) >= 11 is 0. The monoisotopic (exact) mass is 314 g/mol. The summed E-state index contributed by atoms with van der Waals surface area (Å²) in [6, 6.07) is 0. The molecule has 0 atom stereocenters. The molecule has 1 aromatic heterocycles. The average molecular weight is 314 g/mol. The predicted molar refractivity (Wildman–Crippen MR) is 82.5 cm³/mol. The highest BCUT2D eigenvalue weighted by atomic mass is 32.2. The van der Waals surface area contributed by atoms with E-state index in [1.54, 1.807) is 16.8 Å². The van der Waals surface area contributed by atoms with Crippen molar-refractivity contribution < 1.29 is 8.42 Å². The summed E-state index contributed by atoms with van der Waals surface area (Å²) in [4.78, 5) is 4.09. The number of sulfonamides is 1. The summed E-state index contributed by atoms with van der Waals surface area (Å²) in [6.07, 6.45) is 5.08. The van der Waals surface area contributed by atoms with Gasteiger partial charge in [-0.25, -0.2) is 13.4 Å². The number of nitrogens with one attached hydrogen (secondary N) is 1. The zero-order valence-electron chi connectivity index (χ0n) is 13.1. The highest BCUT2D eigenvalue weighted by molar-refractivity contribution is 7.89. The first-order chi connectivity index (χ1) is 9.93. The molecule has 0 aromatic carbocycles. The molecule has 0 radical (unpaired) electrons. The van der Waals surface area contributed by atoms with Crippen molar-refractivity contribution in [1.82, 2.24) is 19.2 Å². The topological polar surface area (TPSA) is 67.2 Å². The van der Waals surface area contributed by atoms with Gasteiger partial charge in [0.2, 0.25) is 0 Å². The van der Waals surface area contributed by atoms with Crippen LogP contribution in [0.5, 0.6) is 0 Å². The second kappa shape index (κ2) is 6.89. The maximum atomic E-state index is 12.6. The summed E-state index contributed by atoms with van der Waals surface area (Å²) in [5.74, 6) is 1.03.